The van der Waals surface area contributed by atoms with Crippen LogP contribution in [0.2, 0.25) is 0 Å². The number of hydrogen-bond acceptors (Lipinski definition) is 5. The van der Waals surface area contributed by atoms with Gasteiger partial charge in [0.25, 0.3) is 0 Å². The largest absolute Gasteiger partial charge is 0.338 e. The molecular formula is C34H54N2OS2. The van der Waals surface area contributed by atoms with Crippen molar-refractivity contribution in [3.05, 3.63) is 82.1 Å². The second kappa shape index (κ2) is 19.4. The molecule has 5 heteroatoms. The first-order chi connectivity index (χ1) is 18.7. The Kier molecular flexibility index (Phi) is 17.6. The van der Waals surface area contributed by atoms with Crippen LogP contribution in [0.4, 0.5) is 0 Å². The van der Waals surface area contributed by atoms with E-state index in [1.54, 1.807) is 17.2 Å². The summed E-state index contributed by atoms with van der Waals surface area (Å²) in [5.74, 6) is 0.563. The third kappa shape index (κ3) is 11.4. The summed E-state index contributed by atoms with van der Waals surface area (Å²) in [5.41, 5.74) is 8.91. The van der Waals surface area contributed by atoms with Crippen LogP contribution in [0.1, 0.15) is 108 Å². The van der Waals surface area contributed by atoms with Gasteiger partial charge in [-0.25, -0.2) is 0 Å². The average molecular weight is 571 g/mol. The summed E-state index contributed by atoms with van der Waals surface area (Å²) >= 11 is 6.64. The van der Waals surface area contributed by atoms with Gasteiger partial charge >= 0.3 is 0 Å². The summed E-state index contributed by atoms with van der Waals surface area (Å²) in [5, 5.41) is 4.42. The molecule has 0 amide bonds. The summed E-state index contributed by atoms with van der Waals surface area (Å²) in [6, 6.07) is 4.97. The Morgan fingerprint density at radius 1 is 1.18 bits per heavy atom. The lowest BCUT2D eigenvalue weighted by Crippen LogP contribution is -2.28. The van der Waals surface area contributed by atoms with Gasteiger partial charge in [0.2, 0.25) is 0 Å². The molecule has 218 valence electrons. The zero-order valence-electron chi connectivity index (χ0n) is 25.7. The van der Waals surface area contributed by atoms with Gasteiger partial charge in [0.15, 0.2) is 0 Å². The van der Waals surface area contributed by atoms with E-state index in [9.17, 15) is 0 Å². The highest BCUT2D eigenvalue weighted by molar-refractivity contribution is 8.04. The van der Waals surface area contributed by atoms with E-state index in [0.29, 0.717) is 11.3 Å². The fraction of sp³-hybridized carbons (Fsp3) is 0.559. The van der Waals surface area contributed by atoms with Crippen molar-refractivity contribution in [1.29, 1.82) is 0 Å². The number of thioether (sulfide) groups is 1. The highest BCUT2D eigenvalue weighted by Gasteiger charge is 2.31. The highest BCUT2D eigenvalue weighted by atomic mass is 32.2. The zero-order chi connectivity index (χ0) is 29.4. The van der Waals surface area contributed by atoms with Crippen molar-refractivity contribution in [1.82, 2.24) is 10.2 Å². The number of rotatable bonds is 11. The fourth-order valence-electron chi connectivity index (χ4n) is 5.37. The van der Waals surface area contributed by atoms with Gasteiger partial charge in [0.1, 0.15) is 6.29 Å². The minimum atomic E-state index is 0.288. The summed E-state index contributed by atoms with van der Waals surface area (Å²) in [6.45, 7) is 23.8. The third-order valence-electron chi connectivity index (χ3n) is 7.08. The molecule has 3 unspecified atom stereocenters. The molecule has 3 atom stereocenters. The Morgan fingerprint density at radius 3 is 2.38 bits per heavy atom. The number of nitrogens with one attached hydrogen (secondary N) is 1. The second-order valence-corrected chi connectivity index (χ2v) is 12.6. The lowest BCUT2D eigenvalue weighted by molar-refractivity contribution is -0.106. The number of carbonyl (C=O) groups excluding carboxylic acids is 1. The number of nitrogens with zero attached hydrogens (tertiary/aromatic N) is 1. The Hall–Kier alpha value is -1.69. The van der Waals surface area contributed by atoms with Crippen LogP contribution in [-0.2, 0) is 17.8 Å². The van der Waals surface area contributed by atoms with Crippen LogP contribution in [-0.4, -0.2) is 28.4 Å². The van der Waals surface area contributed by atoms with E-state index in [-0.39, 0.29) is 5.25 Å². The van der Waals surface area contributed by atoms with Gasteiger partial charge in [0, 0.05) is 34.9 Å². The van der Waals surface area contributed by atoms with Gasteiger partial charge in [0.05, 0.1) is 5.37 Å². The third-order valence-corrected chi connectivity index (χ3v) is 9.17. The summed E-state index contributed by atoms with van der Waals surface area (Å²) in [7, 11) is 0. The number of aryl methyl sites for hydroxylation is 2. The van der Waals surface area contributed by atoms with Crippen LogP contribution >= 0.6 is 24.4 Å². The zero-order valence-corrected chi connectivity index (χ0v) is 27.4. The van der Waals surface area contributed by atoms with Crippen molar-refractivity contribution in [2.45, 2.75) is 116 Å². The van der Waals surface area contributed by atoms with E-state index in [0.717, 1.165) is 19.4 Å². The Labute approximate surface area is 250 Å². The maximum absolute atomic E-state index is 8.81. The summed E-state index contributed by atoms with van der Waals surface area (Å²) < 4.78 is 0. The molecule has 1 aliphatic carbocycles. The van der Waals surface area contributed by atoms with Crippen LogP contribution in [0.5, 0.6) is 0 Å². The van der Waals surface area contributed by atoms with Gasteiger partial charge in [-0.3, -0.25) is 0 Å². The molecule has 1 aliphatic heterocycles. The summed E-state index contributed by atoms with van der Waals surface area (Å²) in [6.07, 6.45) is 15.9. The number of benzene rings is 1. The van der Waals surface area contributed by atoms with Crippen molar-refractivity contribution in [2.75, 3.05) is 6.54 Å². The molecule has 0 saturated carbocycles. The number of aldehydes is 1. The van der Waals surface area contributed by atoms with Gasteiger partial charge < -0.3 is 15.0 Å². The lowest BCUT2D eigenvalue weighted by atomic mass is 9.81. The topological polar surface area (TPSA) is 32.3 Å². The predicted molar refractivity (Wildman–Crippen MR) is 179 cm³/mol. The molecule has 0 saturated heterocycles. The van der Waals surface area contributed by atoms with E-state index in [2.05, 4.69) is 76.2 Å². The Balaban J connectivity index is 0.00000116. The minimum absolute atomic E-state index is 0.288. The maximum atomic E-state index is 8.81. The van der Waals surface area contributed by atoms with E-state index in [4.69, 9.17) is 17.4 Å². The van der Waals surface area contributed by atoms with E-state index in [1.807, 2.05) is 24.9 Å². The number of allylic oxidation sites excluding steroid dienone is 4. The molecule has 2 aliphatic rings. The van der Waals surface area contributed by atoms with Crippen molar-refractivity contribution in [3.8, 4) is 0 Å². The Morgan fingerprint density at radius 2 is 1.85 bits per heavy atom. The molecule has 1 heterocycles. The van der Waals surface area contributed by atoms with Crippen molar-refractivity contribution in [2.24, 2.45) is 0 Å². The molecular weight excluding hydrogens is 517 g/mol. The first-order valence-corrected chi connectivity index (χ1v) is 16.0. The first-order valence-electron chi connectivity index (χ1n) is 14.6. The van der Waals surface area contributed by atoms with E-state index >= 15 is 0 Å². The molecule has 3 rings (SSSR count). The Bertz CT molecular complexity index is 974. The van der Waals surface area contributed by atoms with Gasteiger partial charge in [-0.05, 0) is 95.2 Å². The van der Waals surface area contributed by atoms with Crippen LogP contribution in [0, 0.1) is 6.92 Å². The van der Waals surface area contributed by atoms with Crippen LogP contribution in [0.15, 0.2) is 59.8 Å². The monoisotopic (exact) mass is 570 g/mol. The number of carbonyl (C=O) groups is 1. The average Bonchev–Trinajstić information content (AvgIpc) is 3.20. The molecule has 3 nitrogen and oxygen atoms in total. The quantitative estimate of drug-likeness (QED) is 0.120. The van der Waals surface area contributed by atoms with Crippen molar-refractivity contribution in [3.63, 3.8) is 0 Å². The van der Waals surface area contributed by atoms with E-state index in [1.165, 1.54) is 79.2 Å². The SMILES string of the molecule is C=CC.C=CN1C(C)=C(CNCc2cc(CCCCC)cc(C)c2C2C=C(C)CCC2)SC1C(C)S.CC=O. The lowest BCUT2D eigenvalue weighted by Gasteiger charge is -2.25. The normalized spacial score (nSPS) is 19.3. The van der Waals surface area contributed by atoms with Gasteiger partial charge in [-0.2, -0.15) is 12.6 Å². The molecule has 1 N–H and O–H groups in total. The van der Waals surface area contributed by atoms with Gasteiger partial charge in [-0.15, -0.1) is 18.3 Å². The van der Waals surface area contributed by atoms with E-state index < -0.39 is 0 Å². The van der Waals surface area contributed by atoms with Crippen LogP contribution < -0.4 is 5.32 Å². The van der Waals surface area contributed by atoms with Crippen LogP contribution in [0.25, 0.3) is 0 Å². The van der Waals surface area contributed by atoms with Crippen molar-refractivity contribution >= 4 is 30.7 Å². The second-order valence-electron chi connectivity index (χ2n) is 10.5. The fourth-order valence-corrected chi connectivity index (χ4v) is 7.00. The molecule has 1 aromatic rings. The predicted octanol–water partition coefficient (Wildman–Crippen LogP) is 9.50. The molecule has 39 heavy (non-hydrogen) atoms. The number of hydrogen-bond donors (Lipinski definition) is 2. The standard InChI is InChI=1S/C29H44N2S2.C3H6.C2H4O/c1-7-9-10-13-24-16-21(4)28(25-14-11-12-20(3)15-25)26(17-24)18-30-19-27-22(5)31(8-2)29(33-27)23(6)32;1-3-2;1-2-3/h8,15-17,23,25,29-30,32H,2,7,9-14,18-19H2,1,3-6H3;3H,1H2,2H3;2H,1H3. The molecule has 0 fully saturated rings. The molecule has 1 aromatic carbocycles. The highest BCUT2D eigenvalue weighted by Crippen LogP contribution is 2.41. The summed E-state index contributed by atoms with van der Waals surface area (Å²) in [4.78, 5) is 12.5. The number of unbranched alkanes of at least 4 members (excludes halogenated alkanes) is 2. The number of thiol groups is 1. The first kappa shape index (κ1) is 35.3. The molecule has 0 bridgehead atoms. The van der Waals surface area contributed by atoms with Crippen molar-refractivity contribution < 1.29 is 4.79 Å². The smallest absolute Gasteiger partial charge is 0.116 e. The molecule has 0 radical (unpaired) electrons. The molecule has 0 aromatic heterocycles. The van der Waals surface area contributed by atoms with Crippen LogP contribution in [0.3, 0.4) is 0 Å². The maximum Gasteiger partial charge on any atom is 0.116 e. The van der Waals surface area contributed by atoms with Gasteiger partial charge in [-0.1, -0.05) is 63.1 Å². The minimum Gasteiger partial charge on any atom is -0.338 e. The molecule has 0 spiro atoms.